The van der Waals surface area contributed by atoms with E-state index in [2.05, 4.69) is 10.0 Å². The monoisotopic (exact) mass is 415 g/mol. The maximum atomic E-state index is 13.4. The number of nitrogens with two attached hydrogens (primary N) is 1. The second kappa shape index (κ2) is 8.69. The molecule has 0 atom stereocenters. The zero-order valence-electron chi connectivity index (χ0n) is 15.2. The molecular weight excluding hydrogens is 393 g/mol. The maximum Gasteiger partial charge on any atom is 0.261 e. The van der Waals surface area contributed by atoms with Crippen LogP contribution in [0.3, 0.4) is 0 Å². The SMILES string of the molecule is Cc1cc(S(=O)(=O)Nc2ccccc2C(=O)NCC(C)(C)N)ccc1F.Cl. The van der Waals surface area contributed by atoms with Gasteiger partial charge in [0.1, 0.15) is 5.82 Å². The first-order chi connectivity index (χ1) is 12.0. The number of carbonyl (C=O) groups excluding carboxylic acids is 1. The molecule has 0 aromatic heterocycles. The maximum absolute atomic E-state index is 13.4. The molecule has 2 aromatic rings. The predicted molar refractivity (Wildman–Crippen MR) is 106 cm³/mol. The van der Waals surface area contributed by atoms with Gasteiger partial charge in [0.2, 0.25) is 0 Å². The number of hydrogen-bond donors (Lipinski definition) is 3. The standard InChI is InChI=1S/C18H22FN3O3S.ClH/c1-12-10-13(8-9-15(12)19)26(24,25)22-16-7-5-4-6-14(16)17(23)21-11-18(2,3)20;/h4-10,22H,11,20H2,1-3H3,(H,21,23);1H. The molecule has 148 valence electrons. The van der Waals surface area contributed by atoms with Crippen LogP contribution in [0.2, 0.25) is 0 Å². The van der Waals surface area contributed by atoms with Crippen molar-refractivity contribution in [1.82, 2.24) is 5.32 Å². The van der Waals surface area contributed by atoms with Gasteiger partial charge in [0.15, 0.2) is 0 Å². The molecule has 27 heavy (non-hydrogen) atoms. The first-order valence-electron chi connectivity index (χ1n) is 7.95. The van der Waals surface area contributed by atoms with E-state index in [1.54, 1.807) is 26.0 Å². The third kappa shape index (κ3) is 6.20. The van der Waals surface area contributed by atoms with Crippen LogP contribution in [0.1, 0.15) is 29.8 Å². The molecule has 0 aliphatic rings. The summed E-state index contributed by atoms with van der Waals surface area (Å²) >= 11 is 0. The Morgan fingerprint density at radius 3 is 2.41 bits per heavy atom. The van der Waals surface area contributed by atoms with Gasteiger partial charge in [-0.15, -0.1) is 12.4 Å². The number of carbonyl (C=O) groups is 1. The number of sulfonamides is 1. The molecule has 0 spiro atoms. The van der Waals surface area contributed by atoms with Gasteiger partial charge in [-0.25, -0.2) is 12.8 Å². The van der Waals surface area contributed by atoms with E-state index in [9.17, 15) is 17.6 Å². The highest BCUT2D eigenvalue weighted by Gasteiger charge is 2.20. The number of amides is 1. The molecule has 1 amide bonds. The highest BCUT2D eigenvalue weighted by atomic mass is 35.5. The molecule has 0 aliphatic heterocycles. The highest BCUT2D eigenvalue weighted by molar-refractivity contribution is 7.92. The molecule has 2 aromatic carbocycles. The van der Waals surface area contributed by atoms with Crippen molar-refractivity contribution in [3.05, 3.63) is 59.4 Å². The molecule has 0 heterocycles. The summed E-state index contributed by atoms with van der Waals surface area (Å²) in [6, 6.07) is 9.72. The molecule has 0 unspecified atom stereocenters. The van der Waals surface area contributed by atoms with Crippen LogP contribution in [-0.4, -0.2) is 26.4 Å². The van der Waals surface area contributed by atoms with Gasteiger partial charge in [-0.05, 0) is 56.7 Å². The number of hydrogen-bond acceptors (Lipinski definition) is 4. The minimum absolute atomic E-state index is 0. The van der Waals surface area contributed by atoms with E-state index in [0.29, 0.717) is 0 Å². The van der Waals surface area contributed by atoms with Crippen molar-refractivity contribution >= 4 is 34.0 Å². The Morgan fingerprint density at radius 1 is 1.19 bits per heavy atom. The van der Waals surface area contributed by atoms with Crippen LogP contribution in [0.15, 0.2) is 47.4 Å². The highest BCUT2D eigenvalue weighted by Crippen LogP contribution is 2.21. The van der Waals surface area contributed by atoms with Crippen LogP contribution < -0.4 is 15.8 Å². The van der Waals surface area contributed by atoms with Gasteiger partial charge in [0, 0.05) is 12.1 Å². The van der Waals surface area contributed by atoms with E-state index in [1.165, 1.54) is 31.2 Å². The first kappa shape index (κ1) is 22.9. The first-order valence-corrected chi connectivity index (χ1v) is 9.43. The average Bonchev–Trinajstić information content (AvgIpc) is 2.54. The summed E-state index contributed by atoms with van der Waals surface area (Å²) in [7, 11) is -3.97. The van der Waals surface area contributed by atoms with Crippen molar-refractivity contribution < 1.29 is 17.6 Å². The zero-order valence-corrected chi connectivity index (χ0v) is 16.9. The second-order valence-electron chi connectivity index (χ2n) is 6.73. The van der Waals surface area contributed by atoms with Crippen LogP contribution in [0.5, 0.6) is 0 Å². The molecule has 9 heteroatoms. The third-order valence-electron chi connectivity index (χ3n) is 3.56. The lowest BCUT2D eigenvalue weighted by molar-refractivity contribution is 0.0947. The normalized spacial score (nSPS) is 11.4. The Hall–Kier alpha value is -2.16. The van der Waals surface area contributed by atoms with Crippen molar-refractivity contribution in [3.8, 4) is 0 Å². The molecule has 0 bridgehead atoms. The van der Waals surface area contributed by atoms with Gasteiger partial charge in [0.05, 0.1) is 16.1 Å². The summed E-state index contributed by atoms with van der Waals surface area (Å²) in [5, 5.41) is 2.67. The fourth-order valence-electron chi connectivity index (χ4n) is 2.16. The number of aryl methyl sites for hydroxylation is 1. The molecular formula is C18H23ClFN3O3S. The van der Waals surface area contributed by atoms with Crippen molar-refractivity contribution in [2.45, 2.75) is 31.2 Å². The number of benzene rings is 2. The molecule has 0 fully saturated rings. The third-order valence-corrected chi connectivity index (χ3v) is 4.92. The van der Waals surface area contributed by atoms with Crippen molar-refractivity contribution in [1.29, 1.82) is 0 Å². The number of anilines is 1. The van der Waals surface area contributed by atoms with Crippen molar-refractivity contribution in [2.24, 2.45) is 5.73 Å². The second-order valence-corrected chi connectivity index (χ2v) is 8.42. The minimum Gasteiger partial charge on any atom is -0.350 e. The van der Waals surface area contributed by atoms with E-state index in [-0.39, 0.29) is 40.7 Å². The Kier molecular flexibility index (Phi) is 7.36. The largest absolute Gasteiger partial charge is 0.350 e. The molecule has 0 radical (unpaired) electrons. The van der Waals surface area contributed by atoms with Crippen LogP contribution in [0.4, 0.5) is 10.1 Å². The van der Waals surface area contributed by atoms with E-state index >= 15 is 0 Å². The van der Waals surface area contributed by atoms with Crippen LogP contribution >= 0.6 is 12.4 Å². The van der Waals surface area contributed by atoms with Crippen LogP contribution in [0, 0.1) is 12.7 Å². The molecule has 2 rings (SSSR count). The quantitative estimate of drug-likeness (QED) is 0.675. The van der Waals surface area contributed by atoms with Crippen LogP contribution in [-0.2, 0) is 10.0 Å². The summed E-state index contributed by atoms with van der Waals surface area (Å²) in [6.07, 6.45) is 0. The lowest BCUT2D eigenvalue weighted by Gasteiger charge is -2.19. The number of rotatable bonds is 6. The molecule has 4 N–H and O–H groups in total. The van der Waals surface area contributed by atoms with Gasteiger partial charge in [-0.1, -0.05) is 12.1 Å². The van der Waals surface area contributed by atoms with E-state index in [0.717, 1.165) is 6.07 Å². The molecule has 6 nitrogen and oxygen atoms in total. The predicted octanol–water partition coefficient (Wildman–Crippen LogP) is 2.82. The number of nitrogens with one attached hydrogen (secondary N) is 2. The smallest absolute Gasteiger partial charge is 0.261 e. The molecule has 0 saturated heterocycles. The average molecular weight is 416 g/mol. The topological polar surface area (TPSA) is 101 Å². The van der Waals surface area contributed by atoms with Crippen molar-refractivity contribution in [3.63, 3.8) is 0 Å². The fraction of sp³-hybridized carbons (Fsp3) is 0.278. The molecule has 0 saturated carbocycles. The Balaban J connectivity index is 0.00000364. The minimum atomic E-state index is -3.97. The van der Waals surface area contributed by atoms with E-state index < -0.39 is 27.3 Å². The lowest BCUT2D eigenvalue weighted by atomic mass is 10.1. The summed E-state index contributed by atoms with van der Waals surface area (Å²) in [6.45, 7) is 5.23. The van der Waals surface area contributed by atoms with E-state index in [1.807, 2.05) is 0 Å². The summed E-state index contributed by atoms with van der Waals surface area (Å²) < 4.78 is 40.9. The summed E-state index contributed by atoms with van der Waals surface area (Å²) in [5.41, 5.74) is 5.75. The summed E-state index contributed by atoms with van der Waals surface area (Å²) in [5.74, 6) is -0.940. The van der Waals surface area contributed by atoms with E-state index in [4.69, 9.17) is 5.73 Å². The zero-order chi connectivity index (χ0) is 19.5. The molecule has 0 aliphatic carbocycles. The fourth-order valence-corrected chi connectivity index (χ4v) is 3.33. The summed E-state index contributed by atoms with van der Waals surface area (Å²) in [4.78, 5) is 12.3. The number of halogens is 2. The van der Waals surface area contributed by atoms with Gasteiger partial charge in [-0.3, -0.25) is 9.52 Å². The van der Waals surface area contributed by atoms with Crippen molar-refractivity contribution in [2.75, 3.05) is 11.3 Å². The van der Waals surface area contributed by atoms with Gasteiger partial charge in [0.25, 0.3) is 15.9 Å². The lowest BCUT2D eigenvalue weighted by Crippen LogP contribution is -2.45. The number of para-hydroxylation sites is 1. The van der Waals surface area contributed by atoms with Crippen LogP contribution in [0.25, 0.3) is 0 Å². The van der Waals surface area contributed by atoms with Gasteiger partial charge >= 0.3 is 0 Å². The Bertz CT molecular complexity index is 928. The van der Waals surface area contributed by atoms with Gasteiger partial charge in [-0.2, -0.15) is 0 Å². The Morgan fingerprint density at radius 2 is 1.81 bits per heavy atom. The van der Waals surface area contributed by atoms with Gasteiger partial charge < -0.3 is 11.1 Å². The Labute approximate surface area is 164 Å².